The molecular formula is C19H19FN2O5. The van der Waals surface area contributed by atoms with Crippen molar-refractivity contribution >= 4 is 11.9 Å². The molecule has 8 heteroatoms. The largest absolute Gasteiger partial charge is 0.504 e. The van der Waals surface area contributed by atoms with Crippen molar-refractivity contribution in [3.8, 4) is 11.5 Å². The van der Waals surface area contributed by atoms with Gasteiger partial charge in [0.2, 0.25) is 5.91 Å². The van der Waals surface area contributed by atoms with E-state index in [1.165, 1.54) is 24.3 Å². The zero-order valence-electron chi connectivity index (χ0n) is 14.3. The van der Waals surface area contributed by atoms with E-state index in [2.05, 4.69) is 10.6 Å². The number of carbonyl (C=O) groups is 2. The van der Waals surface area contributed by atoms with Crippen LogP contribution < -0.4 is 10.6 Å². The van der Waals surface area contributed by atoms with Gasteiger partial charge in [0.1, 0.15) is 5.82 Å². The van der Waals surface area contributed by atoms with E-state index < -0.39 is 23.9 Å². The number of carbonyl (C=O) groups excluding carboxylic acids is 1. The molecule has 0 aliphatic carbocycles. The highest BCUT2D eigenvalue weighted by Crippen LogP contribution is 2.37. The van der Waals surface area contributed by atoms with Crippen LogP contribution in [0.1, 0.15) is 29.2 Å². The van der Waals surface area contributed by atoms with Gasteiger partial charge in [-0.05, 0) is 47.4 Å². The van der Waals surface area contributed by atoms with Crippen molar-refractivity contribution in [1.82, 2.24) is 10.6 Å². The fraction of sp³-hybridized carbons (Fsp3) is 0.263. The molecule has 3 rings (SSSR count). The summed E-state index contributed by atoms with van der Waals surface area (Å²) >= 11 is 0. The van der Waals surface area contributed by atoms with Crippen molar-refractivity contribution in [3.63, 3.8) is 0 Å². The van der Waals surface area contributed by atoms with Gasteiger partial charge in [-0.2, -0.15) is 0 Å². The number of aromatic hydroxyl groups is 2. The van der Waals surface area contributed by atoms with Crippen molar-refractivity contribution in [1.29, 1.82) is 0 Å². The highest BCUT2D eigenvalue weighted by molar-refractivity contribution is 5.83. The van der Waals surface area contributed by atoms with Crippen LogP contribution in [-0.4, -0.2) is 39.8 Å². The Balaban J connectivity index is 1.90. The number of rotatable bonds is 5. The third-order valence-electron chi connectivity index (χ3n) is 4.50. The molecule has 0 unspecified atom stereocenters. The number of carboxylic acid groups (broad SMARTS) is 1. The first-order valence-corrected chi connectivity index (χ1v) is 8.41. The highest BCUT2D eigenvalue weighted by Gasteiger charge is 2.32. The number of aliphatic carboxylic acids is 1. The molecule has 0 bridgehead atoms. The molecule has 0 fully saturated rings. The molecule has 142 valence electrons. The van der Waals surface area contributed by atoms with Crippen LogP contribution in [0.15, 0.2) is 36.4 Å². The summed E-state index contributed by atoms with van der Waals surface area (Å²) in [7, 11) is 0. The smallest absolute Gasteiger partial charge is 0.305 e. The fourth-order valence-corrected chi connectivity index (χ4v) is 3.17. The molecule has 5 N–H and O–H groups in total. The van der Waals surface area contributed by atoms with Gasteiger partial charge in [-0.3, -0.25) is 14.9 Å². The average Bonchev–Trinajstić information content (AvgIpc) is 2.62. The number of benzene rings is 2. The Morgan fingerprint density at radius 2 is 1.81 bits per heavy atom. The van der Waals surface area contributed by atoms with Gasteiger partial charge in [0, 0.05) is 6.54 Å². The lowest BCUT2D eigenvalue weighted by molar-refractivity contribution is -0.137. The van der Waals surface area contributed by atoms with Crippen LogP contribution in [0.4, 0.5) is 4.39 Å². The van der Waals surface area contributed by atoms with Crippen LogP contribution in [0, 0.1) is 5.82 Å². The van der Waals surface area contributed by atoms with Gasteiger partial charge in [-0.15, -0.1) is 0 Å². The Hall–Kier alpha value is -3.13. The number of fused-ring (bicyclic) bond motifs is 1. The van der Waals surface area contributed by atoms with Crippen LogP contribution in [0.2, 0.25) is 0 Å². The minimum atomic E-state index is -1.01. The normalized spacial score (nSPS) is 18.6. The van der Waals surface area contributed by atoms with E-state index in [0.717, 1.165) is 0 Å². The topological polar surface area (TPSA) is 119 Å². The molecule has 7 nitrogen and oxygen atoms in total. The zero-order valence-corrected chi connectivity index (χ0v) is 14.3. The Morgan fingerprint density at radius 3 is 2.48 bits per heavy atom. The molecule has 0 spiro atoms. The van der Waals surface area contributed by atoms with Gasteiger partial charge >= 0.3 is 5.97 Å². The molecule has 1 amide bonds. The lowest BCUT2D eigenvalue weighted by atomic mass is 9.86. The lowest BCUT2D eigenvalue weighted by Crippen LogP contribution is -2.50. The summed E-state index contributed by atoms with van der Waals surface area (Å²) in [6, 6.07) is 7.39. The lowest BCUT2D eigenvalue weighted by Gasteiger charge is -2.33. The van der Waals surface area contributed by atoms with Gasteiger partial charge in [0.25, 0.3) is 0 Å². The summed E-state index contributed by atoms with van der Waals surface area (Å²) in [4.78, 5) is 23.0. The van der Waals surface area contributed by atoms with Crippen LogP contribution >= 0.6 is 0 Å². The summed E-state index contributed by atoms with van der Waals surface area (Å²) in [6.07, 6.45) is 0.0604. The maximum atomic E-state index is 13.3. The third-order valence-corrected chi connectivity index (χ3v) is 4.50. The van der Waals surface area contributed by atoms with E-state index in [1.807, 2.05) is 0 Å². The standard InChI is InChI=1S/C19H19FN2O5/c20-12-3-1-10(2-4-12)18-13-9-16(24)15(23)8-11(13)7-14(22-18)19(27)21-6-5-17(25)26/h1-4,8-9,14,18,22-24H,5-7H2,(H,21,27)(H,25,26)/t14-,18-/m0/s1. The number of hydrogen-bond acceptors (Lipinski definition) is 5. The Morgan fingerprint density at radius 1 is 1.15 bits per heavy atom. The second-order valence-electron chi connectivity index (χ2n) is 6.38. The summed E-state index contributed by atoms with van der Waals surface area (Å²) in [5.41, 5.74) is 2.02. The van der Waals surface area contributed by atoms with Crippen molar-refractivity contribution in [3.05, 3.63) is 58.9 Å². The van der Waals surface area contributed by atoms with Crippen molar-refractivity contribution in [2.45, 2.75) is 24.9 Å². The van der Waals surface area contributed by atoms with Crippen LogP contribution in [0.3, 0.4) is 0 Å². The summed E-state index contributed by atoms with van der Waals surface area (Å²) in [6.45, 7) is 0.00124. The quantitative estimate of drug-likeness (QED) is 0.505. The van der Waals surface area contributed by atoms with Crippen LogP contribution in [-0.2, 0) is 16.0 Å². The molecule has 1 aliphatic rings. The second kappa shape index (κ2) is 7.63. The number of phenols is 2. The van der Waals surface area contributed by atoms with E-state index >= 15 is 0 Å². The first-order valence-electron chi connectivity index (χ1n) is 8.41. The van der Waals surface area contributed by atoms with Gasteiger partial charge in [-0.25, -0.2) is 4.39 Å². The summed E-state index contributed by atoms with van der Waals surface area (Å²) in [5, 5.41) is 34.1. The molecule has 2 aromatic carbocycles. The Bertz CT molecular complexity index is 869. The summed E-state index contributed by atoms with van der Waals surface area (Å²) < 4.78 is 13.3. The van der Waals surface area contributed by atoms with Gasteiger partial charge in [0.05, 0.1) is 18.5 Å². The predicted octanol–water partition coefficient (Wildman–Crippen LogP) is 1.43. The van der Waals surface area contributed by atoms with E-state index in [-0.39, 0.29) is 36.8 Å². The molecule has 2 atom stereocenters. The van der Waals surface area contributed by atoms with Crippen molar-refractivity contribution < 1.29 is 29.3 Å². The monoisotopic (exact) mass is 374 g/mol. The van der Waals surface area contributed by atoms with Crippen LogP contribution in [0.25, 0.3) is 0 Å². The molecule has 0 saturated carbocycles. The Labute approximate surface area is 154 Å². The van der Waals surface area contributed by atoms with E-state index in [9.17, 15) is 24.2 Å². The number of carboxylic acids is 1. The molecule has 0 aromatic heterocycles. The first-order chi connectivity index (χ1) is 12.8. The van der Waals surface area contributed by atoms with Gasteiger partial charge < -0.3 is 20.6 Å². The number of halogens is 1. The predicted molar refractivity (Wildman–Crippen MR) is 93.9 cm³/mol. The number of phenolic OH excluding ortho intramolecular Hbond substituents is 2. The molecule has 0 radical (unpaired) electrons. The number of nitrogens with one attached hydrogen (secondary N) is 2. The third kappa shape index (κ3) is 4.17. The van der Waals surface area contributed by atoms with Gasteiger partial charge in [-0.1, -0.05) is 12.1 Å². The fourth-order valence-electron chi connectivity index (χ4n) is 3.17. The molecular weight excluding hydrogens is 355 g/mol. The number of amides is 1. The first kappa shape index (κ1) is 18.7. The van der Waals surface area contributed by atoms with E-state index in [0.29, 0.717) is 16.7 Å². The molecule has 27 heavy (non-hydrogen) atoms. The van der Waals surface area contributed by atoms with Crippen LogP contribution in [0.5, 0.6) is 11.5 Å². The molecule has 2 aromatic rings. The zero-order chi connectivity index (χ0) is 19.6. The average molecular weight is 374 g/mol. The van der Waals surface area contributed by atoms with Crippen molar-refractivity contribution in [2.75, 3.05) is 6.54 Å². The number of hydrogen-bond donors (Lipinski definition) is 5. The molecule has 1 aliphatic heterocycles. The minimum Gasteiger partial charge on any atom is -0.504 e. The van der Waals surface area contributed by atoms with Crippen molar-refractivity contribution in [2.24, 2.45) is 0 Å². The van der Waals surface area contributed by atoms with E-state index in [4.69, 9.17) is 5.11 Å². The van der Waals surface area contributed by atoms with E-state index in [1.54, 1.807) is 12.1 Å². The second-order valence-corrected chi connectivity index (χ2v) is 6.38. The Kier molecular flexibility index (Phi) is 5.27. The minimum absolute atomic E-state index is 0.00124. The SMILES string of the molecule is O=C(O)CCNC(=O)[C@@H]1Cc2cc(O)c(O)cc2[C@H](c2ccc(F)cc2)N1. The summed E-state index contributed by atoms with van der Waals surface area (Å²) in [5.74, 6) is -2.36. The maximum Gasteiger partial charge on any atom is 0.305 e. The van der Waals surface area contributed by atoms with Gasteiger partial charge in [0.15, 0.2) is 11.5 Å². The molecule has 1 heterocycles. The highest BCUT2D eigenvalue weighted by atomic mass is 19.1. The maximum absolute atomic E-state index is 13.3. The molecule has 0 saturated heterocycles.